The van der Waals surface area contributed by atoms with Gasteiger partial charge in [0.05, 0.1) is 10.7 Å². The molecule has 0 aliphatic carbocycles. The summed E-state index contributed by atoms with van der Waals surface area (Å²) in [7, 11) is 0. The molecule has 0 amide bonds. The van der Waals surface area contributed by atoms with Crippen molar-refractivity contribution in [3.63, 3.8) is 0 Å². The molecular weight excluding hydrogens is 273 g/mol. The van der Waals surface area contributed by atoms with Gasteiger partial charge in [-0.1, -0.05) is 48.0 Å². The van der Waals surface area contributed by atoms with Crippen LogP contribution in [0.1, 0.15) is 0 Å². The average Bonchev–Trinajstić information content (AvgIpc) is 2.51. The van der Waals surface area contributed by atoms with E-state index in [2.05, 4.69) is 4.98 Å². The van der Waals surface area contributed by atoms with E-state index >= 15 is 0 Å². The fourth-order valence-electron chi connectivity index (χ4n) is 2.14. The van der Waals surface area contributed by atoms with E-state index in [0.717, 1.165) is 22.4 Å². The number of pyridine rings is 1. The van der Waals surface area contributed by atoms with E-state index in [9.17, 15) is 4.39 Å². The maximum absolute atomic E-state index is 13.3. The minimum atomic E-state index is -0.411. The van der Waals surface area contributed by atoms with Gasteiger partial charge in [-0.15, -0.1) is 0 Å². The predicted octanol–water partition coefficient (Wildman–Crippen LogP) is 5.21. The van der Waals surface area contributed by atoms with Gasteiger partial charge in [0.25, 0.3) is 0 Å². The van der Waals surface area contributed by atoms with Crippen molar-refractivity contribution in [1.29, 1.82) is 0 Å². The molecule has 0 radical (unpaired) electrons. The van der Waals surface area contributed by atoms with Gasteiger partial charge in [-0.3, -0.25) is 4.98 Å². The van der Waals surface area contributed by atoms with Gasteiger partial charge in [-0.2, -0.15) is 0 Å². The highest BCUT2D eigenvalue weighted by atomic mass is 35.5. The first-order valence-corrected chi connectivity index (χ1v) is 6.59. The Morgan fingerprint density at radius 1 is 0.850 bits per heavy atom. The molecule has 20 heavy (non-hydrogen) atoms. The minimum Gasteiger partial charge on any atom is -0.256 e. The number of hydrogen-bond donors (Lipinski definition) is 0. The van der Waals surface area contributed by atoms with Crippen LogP contribution < -0.4 is 0 Å². The Morgan fingerprint density at radius 2 is 1.60 bits per heavy atom. The molecule has 0 saturated carbocycles. The molecule has 1 nitrogen and oxygen atoms in total. The zero-order valence-electron chi connectivity index (χ0n) is 10.6. The molecule has 2 aromatic carbocycles. The van der Waals surface area contributed by atoms with Crippen molar-refractivity contribution in [2.45, 2.75) is 0 Å². The van der Waals surface area contributed by atoms with E-state index in [0.29, 0.717) is 0 Å². The molecule has 1 heterocycles. The van der Waals surface area contributed by atoms with Gasteiger partial charge in [0.1, 0.15) is 5.82 Å². The zero-order chi connectivity index (χ0) is 13.9. The third kappa shape index (κ3) is 2.43. The van der Waals surface area contributed by atoms with Crippen LogP contribution in [0.25, 0.3) is 22.4 Å². The van der Waals surface area contributed by atoms with E-state index < -0.39 is 5.82 Å². The molecule has 0 aliphatic rings. The molecular formula is C17H11ClFN. The van der Waals surface area contributed by atoms with Crippen LogP contribution in [0, 0.1) is 5.82 Å². The summed E-state index contributed by atoms with van der Waals surface area (Å²) in [6, 6.07) is 18.4. The molecule has 0 saturated heterocycles. The van der Waals surface area contributed by atoms with Crippen molar-refractivity contribution in [3.8, 4) is 22.4 Å². The molecule has 0 aliphatic heterocycles. The molecule has 3 aromatic rings. The lowest BCUT2D eigenvalue weighted by Gasteiger charge is -2.09. The number of rotatable bonds is 2. The van der Waals surface area contributed by atoms with Crippen LogP contribution in [0.5, 0.6) is 0 Å². The summed E-state index contributed by atoms with van der Waals surface area (Å²) in [5.41, 5.74) is 3.73. The van der Waals surface area contributed by atoms with Gasteiger partial charge >= 0.3 is 0 Å². The summed E-state index contributed by atoms with van der Waals surface area (Å²) in [5.74, 6) is -0.411. The van der Waals surface area contributed by atoms with Crippen molar-refractivity contribution >= 4 is 11.6 Å². The summed E-state index contributed by atoms with van der Waals surface area (Å²) >= 11 is 5.87. The van der Waals surface area contributed by atoms with Gasteiger partial charge in [0.15, 0.2) is 0 Å². The second-order valence-corrected chi connectivity index (χ2v) is 4.80. The van der Waals surface area contributed by atoms with Gasteiger partial charge in [-0.25, -0.2) is 4.39 Å². The van der Waals surface area contributed by atoms with Crippen LogP contribution in [-0.2, 0) is 0 Å². The van der Waals surface area contributed by atoms with Gasteiger partial charge < -0.3 is 0 Å². The van der Waals surface area contributed by atoms with Crippen LogP contribution >= 0.6 is 11.6 Å². The first kappa shape index (κ1) is 12.8. The van der Waals surface area contributed by atoms with Crippen molar-refractivity contribution in [3.05, 3.63) is 77.7 Å². The molecule has 0 unspecified atom stereocenters. The number of benzene rings is 2. The second-order valence-electron chi connectivity index (χ2n) is 4.39. The summed E-state index contributed by atoms with van der Waals surface area (Å²) in [4.78, 5) is 4.37. The van der Waals surface area contributed by atoms with Gasteiger partial charge in [0, 0.05) is 11.8 Å². The van der Waals surface area contributed by atoms with Crippen LogP contribution in [0.3, 0.4) is 0 Å². The number of hydrogen-bond acceptors (Lipinski definition) is 1. The summed E-state index contributed by atoms with van der Waals surface area (Å²) < 4.78 is 13.3. The number of aromatic nitrogens is 1. The monoisotopic (exact) mass is 283 g/mol. The van der Waals surface area contributed by atoms with E-state index in [1.807, 2.05) is 42.5 Å². The number of nitrogens with zero attached hydrogens (tertiary/aromatic N) is 1. The quantitative estimate of drug-likeness (QED) is 0.629. The lowest BCUT2D eigenvalue weighted by Crippen LogP contribution is -1.88. The predicted molar refractivity (Wildman–Crippen MR) is 80.1 cm³/mol. The highest BCUT2D eigenvalue weighted by molar-refractivity contribution is 6.31. The molecule has 98 valence electrons. The second kappa shape index (κ2) is 5.43. The highest BCUT2D eigenvalue weighted by Gasteiger charge is 2.09. The third-order valence-corrected chi connectivity index (χ3v) is 3.39. The molecule has 0 atom stereocenters. The maximum atomic E-state index is 13.3. The first-order valence-electron chi connectivity index (χ1n) is 6.21. The van der Waals surface area contributed by atoms with Crippen LogP contribution in [0.4, 0.5) is 4.39 Å². The summed E-state index contributed by atoms with van der Waals surface area (Å²) in [5, 5.41) is 0.123. The Labute approximate surface area is 121 Å². The first-order chi connectivity index (χ1) is 9.75. The highest BCUT2D eigenvalue weighted by Crippen LogP contribution is 2.32. The van der Waals surface area contributed by atoms with E-state index in [1.165, 1.54) is 6.07 Å². The molecule has 0 bridgehead atoms. The Hall–Kier alpha value is -2.19. The Morgan fingerprint density at radius 3 is 2.30 bits per heavy atom. The van der Waals surface area contributed by atoms with Gasteiger partial charge in [0.2, 0.25) is 0 Å². The Kier molecular flexibility index (Phi) is 3.48. The topological polar surface area (TPSA) is 12.9 Å². The smallest absolute Gasteiger partial charge is 0.141 e. The third-order valence-electron chi connectivity index (χ3n) is 3.10. The van der Waals surface area contributed by atoms with Crippen molar-refractivity contribution in [2.75, 3.05) is 0 Å². The van der Waals surface area contributed by atoms with Gasteiger partial charge in [-0.05, 0) is 35.4 Å². The fraction of sp³-hybridized carbons (Fsp3) is 0. The van der Waals surface area contributed by atoms with Crippen LogP contribution in [0.15, 0.2) is 66.9 Å². The molecule has 0 spiro atoms. The molecule has 1 aromatic heterocycles. The van der Waals surface area contributed by atoms with E-state index in [-0.39, 0.29) is 5.02 Å². The van der Waals surface area contributed by atoms with E-state index in [1.54, 1.807) is 18.3 Å². The lowest BCUT2D eigenvalue weighted by atomic mass is 9.97. The van der Waals surface area contributed by atoms with Crippen LogP contribution in [0.2, 0.25) is 5.02 Å². The van der Waals surface area contributed by atoms with Crippen LogP contribution in [-0.4, -0.2) is 4.98 Å². The van der Waals surface area contributed by atoms with Crippen molar-refractivity contribution in [2.24, 2.45) is 0 Å². The minimum absolute atomic E-state index is 0.123. The fourth-order valence-corrected chi connectivity index (χ4v) is 2.32. The molecule has 3 heteroatoms. The zero-order valence-corrected chi connectivity index (χ0v) is 11.3. The average molecular weight is 284 g/mol. The van der Waals surface area contributed by atoms with E-state index in [4.69, 9.17) is 11.6 Å². The maximum Gasteiger partial charge on any atom is 0.141 e. The molecule has 0 fully saturated rings. The lowest BCUT2D eigenvalue weighted by molar-refractivity contribution is 0.628. The summed E-state index contributed by atoms with van der Waals surface area (Å²) in [6.45, 7) is 0. The largest absolute Gasteiger partial charge is 0.256 e. The normalized spacial score (nSPS) is 10.5. The summed E-state index contributed by atoms with van der Waals surface area (Å²) in [6.07, 6.45) is 1.75. The number of halogens is 2. The SMILES string of the molecule is Fc1ccc(-c2ccccc2-c2ccccn2)cc1Cl. The Bertz CT molecular complexity index is 741. The van der Waals surface area contributed by atoms with Crippen molar-refractivity contribution in [1.82, 2.24) is 4.98 Å². The Balaban J connectivity index is 2.17. The molecule has 3 rings (SSSR count). The molecule has 0 N–H and O–H groups in total. The standard InChI is InChI=1S/C17H11ClFN/c18-15-11-12(8-9-16(15)19)13-5-1-2-6-14(13)17-7-3-4-10-20-17/h1-11H. The van der Waals surface area contributed by atoms with Crippen molar-refractivity contribution < 1.29 is 4.39 Å².